The van der Waals surface area contributed by atoms with Gasteiger partial charge in [-0.2, -0.15) is 15.8 Å². The van der Waals surface area contributed by atoms with Crippen LogP contribution in [0.3, 0.4) is 0 Å². The molecule has 1 aromatic rings. The Bertz CT molecular complexity index is 686. The van der Waals surface area contributed by atoms with Crippen molar-refractivity contribution >= 4 is 11.7 Å². The van der Waals surface area contributed by atoms with Crippen molar-refractivity contribution in [2.45, 2.75) is 0 Å². The highest BCUT2D eigenvalue weighted by atomic mass is 16.5. The minimum atomic E-state index is -0.627. The Labute approximate surface area is 114 Å². The number of nitriles is 3. The van der Waals surface area contributed by atoms with E-state index in [9.17, 15) is 9.90 Å². The van der Waals surface area contributed by atoms with E-state index < -0.39 is 11.5 Å². The predicted octanol–water partition coefficient (Wildman–Crippen LogP) is 1.42. The molecule has 0 fully saturated rings. The average Bonchev–Trinajstić information content (AvgIpc) is 2.47. The summed E-state index contributed by atoms with van der Waals surface area (Å²) in [6.07, 6.45) is 0. The topological polar surface area (TPSA) is 130 Å². The van der Waals surface area contributed by atoms with Gasteiger partial charge in [0.15, 0.2) is 5.57 Å². The number of methoxy groups -OCH3 is 1. The zero-order valence-corrected chi connectivity index (χ0v) is 10.3. The highest BCUT2D eigenvalue weighted by Gasteiger charge is 2.12. The van der Waals surface area contributed by atoms with Crippen molar-refractivity contribution in [1.29, 1.82) is 15.8 Å². The van der Waals surface area contributed by atoms with Crippen LogP contribution in [0.15, 0.2) is 29.5 Å². The number of phenolic OH excluding ortho intramolecular Hbond substituents is 1. The molecule has 0 spiro atoms. The van der Waals surface area contributed by atoms with Crippen LogP contribution in [0.4, 0.5) is 5.69 Å². The molecule has 0 heterocycles. The van der Waals surface area contributed by atoms with E-state index in [-0.39, 0.29) is 22.7 Å². The maximum atomic E-state index is 11.3. The molecule has 0 atom stereocenters. The molecular weight excluding hydrogens is 260 g/mol. The number of phenols is 1. The van der Waals surface area contributed by atoms with Gasteiger partial charge in [0, 0.05) is 0 Å². The fourth-order valence-corrected chi connectivity index (χ4v) is 1.30. The summed E-state index contributed by atoms with van der Waals surface area (Å²) >= 11 is 0. The van der Waals surface area contributed by atoms with Crippen LogP contribution < -0.4 is 5.32 Å². The molecule has 0 saturated heterocycles. The normalized spacial score (nSPS) is 8.50. The lowest BCUT2D eigenvalue weighted by Gasteiger charge is -2.08. The second kappa shape index (κ2) is 6.44. The number of anilines is 1. The molecule has 1 aromatic carbocycles. The predicted molar refractivity (Wildman–Crippen MR) is 66.9 cm³/mol. The molecule has 0 amide bonds. The van der Waals surface area contributed by atoms with Crippen molar-refractivity contribution < 1.29 is 14.6 Å². The number of benzene rings is 1. The molecule has 7 nitrogen and oxygen atoms in total. The summed E-state index contributed by atoms with van der Waals surface area (Å²) < 4.78 is 4.49. The lowest BCUT2D eigenvalue weighted by atomic mass is 10.1. The Morgan fingerprint density at radius 1 is 1.25 bits per heavy atom. The van der Waals surface area contributed by atoms with Gasteiger partial charge in [-0.15, -0.1) is 0 Å². The number of nitrogens with zero attached hydrogens (tertiary/aromatic N) is 3. The van der Waals surface area contributed by atoms with Crippen molar-refractivity contribution in [3.05, 3.63) is 35.0 Å². The SMILES string of the molecule is COC(=O)c1ccc(NC(C#N)=C(C#N)C#N)c(O)c1. The van der Waals surface area contributed by atoms with Crippen LogP contribution in [-0.2, 0) is 4.74 Å². The lowest BCUT2D eigenvalue weighted by molar-refractivity contribution is 0.0600. The average molecular weight is 268 g/mol. The van der Waals surface area contributed by atoms with Crippen molar-refractivity contribution in [2.75, 3.05) is 12.4 Å². The maximum Gasteiger partial charge on any atom is 0.337 e. The Morgan fingerprint density at radius 3 is 2.35 bits per heavy atom. The monoisotopic (exact) mass is 268 g/mol. The van der Waals surface area contributed by atoms with E-state index in [1.54, 1.807) is 18.2 Å². The largest absolute Gasteiger partial charge is 0.506 e. The molecule has 0 unspecified atom stereocenters. The number of allylic oxidation sites excluding steroid dienone is 2. The second-order valence-electron chi connectivity index (χ2n) is 3.43. The van der Waals surface area contributed by atoms with E-state index in [4.69, 9.17) is 15.8 Å². The third-order valence-electron chi connectivity index (χ3n) is 2.26. The molecule has 0 aliphatic rings. The number of carbonyl (C=O) groups is 1. The van der Waals surface area contributed by atoms with Gasteiger partial charge in [-0.25, -0.2) is 4.79 Å². The summed E-state index contributed by atoms with van der Waals surface area (Å²) in [4.78, 5) is 11.3. The smallest absolute Gasteiger partial charge is 0.337 e. The number of hydrogen-bond donors (Lipinski definition) is 2. The van der Waals surface area contributed by atoms with Gasteiger partial charge in [0.2, 0.25) is 0 Å². The molecule has 0 aliphatic carbocycles. The number of carbonyl (C=O) groups excluding carboxylic acids is 1. The lowest BCUT2D eigenvalue weighted by Crippen LogP contribution is -2.04. The number of nitrogens with one attached hydrogen (secondary N) is 1. The fourth-order valence-electron chi connectivity index (χ4n) is 1.30. The number of aromatic hydroxyl groups is 1. The van der Waals surface area contributed by atoms with Crippen LogP contribution in [0.1, 0.15) is 10.4 Å². The minimum Gasteiger partial charge on any atom is -0.506 e. The van der Waals surface area contributed by atoms with Crippen LogP contribution in [0.25, 0.3) is 0 Å². The van der Waals surface area contributed by atoms with Crippen molar-refractivity contribution in [1.82, 2.24) is 0 Å². The van der Waals surface area contributed by atoms with Gasteiger partial charge in [0.25, 0.3) is 0 Å². The van der Waals surface area contributed by atoms with Crippen molar-refractivity contribution in [2.24, 2.45) is 0 Å². The number of esters is 1. The van der Waals surface area contributed by atoms with E-state index in [0.29, 0.717) is 0 Å². The zero-order chi connectivity index (χ0) is 15.1. The van der Waals surface area contributed by atoms with E-state index in [1.165, 1.54) is 19.2 Å². The van der Waals surface area contributed by atoms with Gasteiger partial charge in [-0.05, 0) is 18.2 Å². The first-order chi connectivity index (χ1) is 9.57. The van der Waals surface area contributed by atoms with Crippen LogP contribution >= 0.6 is 0 Å². The highest BCUT2D eigenvalue weighted by Crippen LogP contribution is 2.26. The molecule has 2 N–H and O–H groups in total. The molecule has 0 aromatic heterocycles. The van der Waals surface area contributed by atoms with Gasteiger partial charge < -0.3 is 15.2 Å². The highest BCUT2D eigenvalue weighted by molar-refractivity contribution is 5.90. The second-order valence-corrected chi connectivity index (χ2v) is 3.43. The van der Waals surface area contributed by atoms with Gasteiger partial charge in [-0.1, -0.05) is 0 Å². The first-order valence-electron chi connectivity index (χ1n) is 5.20. The molecule has 0 radical (unpaired) electrons. The molecule has 98 valence electrons. The number of hydrogen-bond acceptors (Lipinski definition) is 7. The van der Waals surface area contributed by atoms with Crippen LogP contribution in [0.5, 0.6) is 5.75 Å². The standard InChI is InChI=1S/C13H8N4O3/c1-20-13(19)8-2-3-10(12(18)4-8)17-11(7-16)9(5-14)6-15/h2-4,17-18H,1H3. The Morgan fingerprint density at radius 2 is 1.90 bits per heavy atom. The number of rotatable bonds is 3. The summed E-state index contributed by atoms with van der Waals surface area (Å²) in [7, 11) is 1.20. The minimum absolute atomic E-state index is 0.0807. The van der Waals surface area contributed by atoms with Gasteiger partial charge in [0.05, 0.1) is 18.4 Å². The van der Waals surface area contributed by atoms with Gasteiger partial charge in [-0.3, -0.25) is 0 Å². The van der Waals surface area contributed by atoms with Crippen LogP contribution in [0, 0.1) is 34.0 Å². The third kappa shape index (κ3) is 3.04. The zero-order valence-electron chi connectivity index (χ0n) is 10.3. The van der Waals surface area contributed by atoms with Crippen LogP contribution in [0.2, 0.25) is 0 Å². The fraction of sp³-hybridized carbons (Fsp3) is 0.0769. The maximum absolute atomic E-state index is 11.3. The summed E-state index contributed by atoms with van der Waals surface area (Å²) in [5.74, 6) is -0.950. The number of ether oxygens (including phenoxy) is 1. The Balaban J connectivity index is 3.16. The Hall–Kier alpha value is -3.50. The molecule has 0 saturated carbocycles. The van der Waals surface area contributed by atoms with Gasteiger partial charge in [0.1, 0.15) is 29.7 Å². The summed E-state index contributed by atoms with van der Waals surface area (Å²) in [6.45, 7) is 0. The summed E-state index contributed by atoms with van der Waals surface area (Å²) in [5.41, 5.74) is -0.504. The molecule has 0 aliphatic heterocycles. The third-order valence-corrected chi connectivity index (χ3v) is 2.26. The molecular formula is C13H8N4O3. The van der Waals surface area contributed by atoms with Crippen molar-refractivity contribution in [3.63, 3.8) is 0 Å². The molecule has 1 rings (SSSR count). The van der Waals surface area contributed by atoms with Crippen LogP contribution in [-0.4, -0.2) is 18.2 Å². The van der Waals surface area contributed by atoms with Crippen molar-refractivity contribution in [3.8, 4) is 24.0 Å². The summed E-state index contributed by atoms with van der Waals surface area (Å²) in [6, 6.07) is 8.59. The van der Waals surface area contributed by atoms with E-state index >= 15 is 0 Å². The van der Waals surface area contributed by atoms with Gasteiger partial charge >= 0.3 is 5.97 Å². The van der Waals surface area contributed by atoms with E-state index in [1.807, 2.05) is 0 Å². The van der Waals surface area contributed by atoms with E-state index in [0.717, 1.165) is 6.07 Å². The Kier molecular flexibility index (Phi) is 4.69. The molecule has 20 heavy (non-hydrogen) atoms. The van der Waals surface area contributed by atoms with E-state index in [2.05, 4.69) is 10.1 Å². The molecule has 0 bridgehead atoms. The quantitative estimate of drug-likeness (QED) is 0.481. The first-order valence-corrected chi connectivity index (χ1v) is 5.20. The first kappa shape index (κ1) is 14.6. The molecule has 7 heteroatoms. The summed E-state index contributed by atoms with van der Waals surface area (Å²) in [5, 5.41) is 38.4.